The van der Waals surface area contributed by atoms with Gasteiger partial charge in [-0.15, -0.1) is 0 Å². The number of hydrogen-bond acceptors (Lipinski definition) is 3. The van der Waals surface area contributed by atoms with Gasteiger partial charge in [-0.1, -0.05) is 59.6 Å². The maximum atomic E-state index is 10.1. The van der Waals surface area contributed by atoms with Crippen LogP contribution >= 0.6 is 23.2 Å². The lowest BCUT2D eigenvalue weighted by Crippen LogP contribution is -2.35. The Labute approximate surface area is 150 Å². The highest BCUT2D eigenvalue weighted by atomic mass is 35.5. The normalized spacial score (nSPS) is 12.9. The van der Waals surface area contributed by atoms with E-state index in [1.807, 2.05) is 36.4 Å². The minimum Gasteiger partial charge on any atom is -0.360 e. The minimum absolute atomic E-state index is 0.424. The average Bonchev–Trinajstić information content (AvgIpc) is 2.64. The third-order valence-electron chi connectivity index (χ3n) is 3.72. The van der Waals surface area contributed by atoms with Gasteiger partial charge in [0.2, 0.25) is 0 Å². The molecule has 2 aromatic carbocycles. The molecule has 0 bridgehead atoms. The van der Waals surface area contributed by atoms with E-state index < -0.39 is 5.54 Å². The molecule has 1 aromatic heterocycles. The first-order chi connectivity index (χ1) is 11.7. The quantitative estimate of drug-likeness (QED) is 0.695. The molecule has 3 nitrogen and oxygen atoms in total. The van der Waals surface area contributed by atoms with Crippen molar-refractivity contribution in [2.75, 3.05) is 5.32 Å². The summed E-state index contributed by atoms with van der Waals surface area (Å²) in [5.74, 6) is 0. The van der Waals surface area contributed by atoms with Crippen LogP contribution in [-0.4, -0.2) is 4.98 Å². The van der Waals surface area contributed by atoms with Gasteiger partial charge in [0.15, 0.2) is 5.54 Å². The van der Waals surface area contributed by atoms with Crippen LogP contribution < -0.4 is 5.32 Å². The first kappa shape index (κ1) is 16.3. The average molecular weight is 354 g/mol. The van der Waals surface area contributed by atoms with Crippen LogP contribution in [-0.2, 0) is 5.54 Å². The van der Waals surface area contributed by atoms with Gasteiger partial charge >= 0.3 is 0 Å². The van der Waals surface area contributed by atoms with E-state index in [0.717, 1.165) is 11.1 Å². The van der Waals surface area contributed by atoms with E-state index in [9.17, 15) is 5.26 Å². The Morgan fingerprint density at radius 3 is 2.29 bits per heavy atom. The van der Waals surface area contributed by atoms with Crippen LogP contribution in [0.25, 0.3) is 0 Å². The molecule has 1 N–H and O–H groups in total. The molecule has 0 saturated carbocycles. The van der Waals surface area contributed by atoms with Gasteiger partial charge in [-0.05, 0) is 29.8 Å². The third kappa shape index (κ3) is 3.07. The van der Waals surface area contributed by atoms with Gasteiger partial charge in [0.05, 0.1) is 10.0 Å². The van der Waals surface area contributed by atoms with Gasteiger partial charge in [-0.25, -0.2) is 0 Å². The molecule has 0 aliphatic rings. The molecule has 0 radical (unpaired) electrons. The van der Waals surface area contributed by atoms with E-state index in [1.54, 1.807) is 36.7 Å². The predicted molar refractivity (Wildman–Crippen MR) is 97.2 cm³/mol. The highest BCUT2D eigenvalue weighted by Gasteiger charge is 2.35. The molecule has 3 aromatic rings. The fourth-order valence-electron chi connectivity index (χ4n) is 2.53. The summed E-state index contributed by atoms with van der Waals surface area (Å²) in [6.45, 7) is 0. The first-order valence-corrected chi connectivity index (χ1v) is 8.02. The first-order valence-electron chi connectivity index (χ1n) is 7.26. The van der Waals surface area contributed by atoms with Gasteiger partial charge in [0.1, 0.15) is 6.07 Å². The summed E-state index contributed by atoms with van der Waals surface area (Å²) < 4.78 is 0. The molecule has 1 unspecified atom stereocenters. The summed E-state index contributed by atoms with van der Waals surface area (Å²) in [4.78, 5) is 4.16. The molecule has 3 rings (SSSR count). The maximum Gasteiger partial charge on any atom is 0.178 e. The maximum absolute atomic E-state index is 10.1. The molecule has 5 heteroatoms. The second-order valence-corrected chi connectivity index (χ2v) is 6.04. The number of aromatic nitrogens is 1. The molecular formula is C19H13Cl2N3. The number of nitrogens with zero attached hydrogens (tertiary/aromatic N) is 2. The van der Waals surface area contributed by atoms with E-state index in [0.29, 0.717) is 15.7 Å². The fourth-order valence-corrected chi connectivity index (χ4v) is 2.83. The van der Waals surface area contributed by atoms with Crippen molar-refractivity contribution in [1.82, 2.24) is 4.98 Å². The Hall–Kier alpha value is -2.54. The largest absolute Gasteiger partial charge is 0.360 e. The smallest absolute Gasteiger partial charge is 0.178 e. The van der Waals surface area contributed by atoms with Crippen molar-refractivity contribution in [2.24, 2.45) is 0 Å². The Balaban J connectivity index is 2.15. The summed E-state index contributed by atoms with van der Waals surface area (Å²) in [5.41, 5.74) is 1.15. The van der Waals surface area contributed by atoms with Crippen molar-refractivity contribution in [3.63, 3.8) is 0 Å². The van der Waals surface area contributed by atoms with Gasteiger partial charge in [-0.2, -0.15) is 5.26 Å². The van der Waals surface area contributed by atoms with Crippen LogP contribution in [0.5, 0.6) is 0 Å². The molecule has 0 saturated heterocycles. The van der Waals surface area contributed by atoms with Crippen LogP contribution in [0.15, 0.2) is 73.1 Å². The van der Waals surface area contributed by atoms with Gasteiger partial charge in [-0.3, -0.25) is 4.98 Å². The lowest BCUT2D eigenvalue weighted by molar-refractivity contribution is 0.755. The van der Waals surface area contributed by atoms with Crippen LogP contribution in [0.2, 0.25) is 10.0 Å². The van der Waals surface area contributed by atoms with E-state index in [2.05, 4.69) is 16.4 Å². The zero-order chi connectivity index (χ0) is 17.0. The monoisotopic (exact) mass is 353 g/mol. The Bertz CT molecular complexity index is 835. The summed E-state index contributed by atoms with van der Waals surface area (Å²) in [6, 6.07) is 20.8. The molecule has 118 valence electrons. The molecular weight excluding hydrogens is 341 g/mol. The Morgan fingerprint density at radius 2 is 1.67 bits per heavy atom. The molecule has 1 heterocycles. The number of benzene rings is 2. The van der Waals surface area contributed by atoms with Gasteiger partial charge in [0, 0.05) is 23.6 Å². The topological polar surface area (TPSA) is 48.7 Å². The molecule has 0 spiro atoms. The molecule has 24 heavy (non-hydrogen) atoms. The summed E-state index contributed by atoms with van der Waals surface area (Å²) in [5, 5.41) is 14.3. The predicted octanol–water partition coefficient (Wildman–Crippen LogP) is 5.27. The van der Waals surface area contributed by atoms with E-state index in [4.69, 9.17) is 23.2 Å². The van der Waals surface area contributed by atoms with E-state index in [1.165, 1.54) is 0 Å². The van der Waals surface area contributed by atoms with Crippen molar-refractivity contribution in [2.45, 2.75) is 5.54 Å². The summed E-state index contributed by atoms with van der Waals surface area (Å²) in [7, 11) is 0. The highest BCUT2D eigenvalue weighted by Crippen LogP contribution is 2.34. The SMILES string of the molecule is N#CC(Nc1ccc(Cl)c(Cl)c1)(c1ccccc1)c1cccnc1. The van der Waals surface area contributed by atoms with Crippen LogP contribution in [0, 0.1) is 11.3 Å². The number of pyridine rings is 1. The van der Waals surface area contributed by atoms with Crippen LogP contribution in [0.3, 0.4) is 0 Å². The van der Waals surface area contributed by atoms with Crippen molar-refractivity contribution in [3.05, 3.63) is 94.2 Å². The number of anilines is 1. The molecule has 0 amide bonds. The highest BCUT2D eigenvalue weighted by molar-refractivity contribution is 6.42. The van der Waals surface area contributed by atoms with Crippen LogP contribution in [0.4, 0.5) is 5.69 Å². The Morgan fingerprint density at radius 1 is 0.917 bits per heavy atom. The number of rotatable bonds is 4. The van der Waals surface area contributed by atoms with Crippen molar-refractivity contribution >= 4 is 28.9 Å². The number of nitrogens with one attached hydrogen (secondary N) is 1. The van der Waals surface area contributed by atoms with Gasteiger partial charge in [0.25, 0.3) is 0 Å². The number of nitriles is 1. The van der Waals surface area contributed by atoms with Crippen molar-refractivity contribution in [1.29, 1.82) is 5.26 Å². The standard InChI is InChI=1S/C19H13Cl2N3/c20-17-9-8-16(11-18(17)21)24-19(13-22,14-5-2-1-3-6-14)15-7-4-10-23-12-15/h1-12,24H. The Kier molecular flexibility index (Phi) is 4.71. The number of halogens is 2. The zero-order valence-corrected chi connectivity index (χ0v) is 14.1. The van der Waals surface area contributed by atoms with Crippen molar-refractivity contribution < 1.29 is 0 Å². The molecule has 0 fully saturated rings. The molecule has 1 atom stereocenters. The minimum atomic E-state index is -1.09. The third-order valence-corrected chi connectivity index (χ3v) is 4.46. The van der Waals surface area contributed by atoms with E-state index in [-0.39, 0.29) is 0 Å². The number of hydrogen-bond donors (Lipinski definition) is 1. The van der Waals surface area contributed by atoms with Gasteiger partial charge < -0.3 is 5.32 Å². The second-order valence-electron chi connectivity index (χ2n) is 5.22. The lowest BCUT2D eigenvalue weighted by atomic mass is 9.84. The second kappa shape index (κ2) is 6.92. The van der Waals surface area contributed by atoms with Crippen molar-refractivity contribution in [3.8, 4) is 6.07 Å². The van der Waals surface area contributed by atoms with Crippen LogP contribution in [0.1, 0.15) is 11.1 Å². The zero-order valence-electron chi connectivity index (χ0n) is 12.6. The lowest BCUT2D eigenvalue weighted by Gasteiger charge is -2.30. The molecule has 0 aliphatic heterocycles. The molecule has 0 aliphatic carbocycles. The van der Waals surface area contributed by atoms with E-state index >= 15 is 0 Å². The summed E-state index contributed by atoms with van der Waals surface area (Å²) in [6.07, 6.45) is 3.36. The fraction of sp³-hybridized carbons (Fsp3) is 0.0526. The summed E-state index contributed by atoms with van der Waals surface area (Å²) >= 11 is 12.1.